The number of hydrogen-bond donors (Lipinski definition) is 0. The van der Waals surface area contributed by atoms with Crippen LogP contribution in [0, 0.1) is 0 Å². The molecule has 2 heteroatoms. The molecule has 2 atom stereocenters. The van der Waals surface area contributed by atoms with Gasteiger partial charge in [-0.05, 0) is 167 Å². The zero-order valence-electron chi connectivity index (χ0n) is 40.0. The van der Waals surface area contributed by atoms with E-state index in [0.29, 0.717) is 11.8 Å². The normalized spacial score (nSPS) is 12.9. The minimum absolute atomic E-state index is 0.201. The molecule has 6 rings (SSSR count). The highest BCUT2D eigenvalue weighted by molar-refractivity contribution is 5.81. The smallest absolute Gasteiger partial charge is 0.0462 e. The minimum Gasteiger partial charge on any atom is -0.311 e. The molecule has 0 amide bonds. The van der Waals surface area contributed by atoms with E-state index in [-0.39, 0.29) is 10.8 Å². The Balaban J connectivity index is 1.33. The van der Waals surface area contributed by atoms with Crippen LogP contribution >= 0.6 is 0 Å². The number of anilines is 6. The van der Waals surface area contributed by atoms with Crippen LogP contribution in [0.5, 0.6) is 0 Å². The van der Waals surface area contributed by atoms with Crippen molar-refractivity contribution in [2.75, 3.05) is 9.80 Å². The van der Waals surface area contributed by atoms with Gasteiger partial charge in [-0.2, -0.15) is 0 Å². The average molecular weight is 825 g/mol. The highest BCUT2D eigenvalue weighted by Crippen LogP contribution is 2.42. The Morgan fingerprint density at radius 3 is 0.790 bits per heavy atom. The maximum atomic E-state index is 2.45. The van der Waals surface area contributed by atoms with Gasteiger partial charge in [-0.15, -0.1) is 0 Å². The summed E-state index contributed by atoms with van der Waals surface area (Å²) < 4.78 is 0. The molecule has 0 saturated carbocycles. The number of rotatable bonds is 21. The third-order valence-corrected chi connectivity index (χ3v) is 14.1. The lowest BCUT2D eigenvalue weighted by Gasteiger charge is -2.31. The Morgan fingerprint density at radius 1 is 0.339 bits per heavy atom. The van der Waals surface area contributed by atoms with Gasteiger partial charge in [-0.3, -0.25) is 0 Å². The Morgan fingerprint density at radius 2 is 0.565 bits per heavy atom. The second-order valence-electron chi connectivity index (χ2n) is 18.8. The molecule has 0 N–H and O–H groups in total. The summed E-state index contributed by atoms with van der Waals surface area (Å²) in [5.74, 6) is 1.08. The zero-order valence-corrected chi connectivity index (χ0v) is 40.0. The second-order valence-corrected chi connectivity index (χ2v) is 18.8. The van der Waals surface area contributed by atoms with Gasteiger partial charge in [0.05, 0.1) is 0 Å². The molecule has 0 fully saturated rings. The van der Waals surface area contributed by atoms with E-state index < -0.39 is 0 Å². The fourth-order valence-electron chi connectivity index (χ4n) is 9.94. The zero-order chi connectivity index (χ0) is 44.3. The van der Waals surface area contributed by atoms with Gasteiger partial charge in [0.15, 0.2) is 0 Å². The Kier molecular flexibility index (Phi) is 16.0. The fourth-order valence-corrected chi connectivity index (χ4v) is 9.94. The monoisotopic (exact) mass is 825 g/mol. The standard InChI is InChI=1S/C60H76N2/c1-11-41-59(9,42-12-2)51-25-37-57(38-26-51)61(53-29-17-47(18-30-53)45(7)15-5)55-33-21-49(22-34-55)50-23-35-56(36-24-50)62(54-31-19-48(20-32-54)46(8)16-6)58-39-27-52(28-40-58)60(10,43-13-3)44-14-4/h17-40,45-46H,11-16,41-44H2,1-10H3. The molecule has 2 nitrogen and oxygen atoms in total. The summed E-state index contributed by atoms with van der Waals surface area (Å²) in [7, 11) is 0. The highest BCUT2D eigenvalue weighted by atomic mass is 15.1. The van der Waals surface area contributed by atoms with Crippen molar-refractivity contribution >= 4 is 34.1 Å². The van der Waals surface area contributed by atoms with Gasteiger partial charge < -0.3 is 9.80 Å². The van der Waals surface area contributed by atoms with Gasteiger partial charge in [0.1, 0.15) is 0 Å². The van der Waals surface area contributed by atoms with E-state index >= 15 is 0 Å². The number of hydrogen-bond acceptors (Lipinski definition) is 2. The summed E-state index contributed by atoms with van der Waals surface area (Å²) in [6.07, 6.45) is 11.9. The van der Waals surface area contributed by atoms with E-state index in [1.165, 1.54) is 107 Å². The summed E-state index contributed by atoms with van der Waals surface area (Å²) in [6.45, 7) is 23.3. The molecule has 0 aliphatic heterocycles. The van der Waals surface area contributed by atoms with Crippen molar-refractivity contribution in [3.63, 3.8) is 0 Å². The maximum Gasteiger partial charge on any atom is 0.0462 e. The molecule has 0 heterocycles. The molecule has 0 radical (unpaired) electrons. The summed E-state index contributed by atoms with van der Waals surface area (Å²) in [6, 6.07) is 55.6. The largest absolute Gasteiger partial charge is 0.311 e. The minimum atomic E-state index is 0.201. The Hall–Kier alpha value is -5.08. The first kappa shape index (κ1) is 46.4. The molecule has 6 aromatic rings. The van der Waals surface area contributed by atoms with Crippen LogP contribution in [-0.2, 0) is 10.8 Å². The molecule has 326 valence electrons. The molecule has 6 aromatic carbocycles. The molecular weight excluding hydrogens is 749 g/mol. The summed E-state index contributed by atoms with van der Waals surface area (Å²) in [5.41, 5.74) is 15.5. The lowest BCUT2D eigenvalue weighted by molar-refractivity contribution is 0.392. The van der Waals surface area contributed by atoms with Crippen LogP contribution < -0.4 is 9.80 Å². The summed E-state index contributed by atoms with van der Waals surface area (Å²) in [4.78, 5) is 4.83. The van der Waals surface area contributed by atoms with E-state index in [1.54, 1.807) is 0 Å². The summed E-state index contributed by atoms with van der Waals surface area (Å²) >= 11 is 0. The van der Waals surface area contributed by atoms with Crippen molar-refractivity contribution in [2.24, 2.45) is 0 Å². The van der Waals surface area contributed by atoms with Crippen molar-refractivity contribution in [2.45, 2.75) is 156 Å². The van der Waals surface area contributed by atoms with E-state index in [0.717, 1.165) is 24.2 Å². The van der Waals surface area contributed by atoms with Crippen LogP contribution in [-0.4, -0.2) is 0 Å². The molecule has 2 unspecified atom stereocenters. The molecule has 0 bridgehead atoms. The first-order valence-electron chi connectivity index (χ1n) is 24.2. The quantitative estimate of drug-likeness (QED) is 0.0713. The highest BCUT2D eigenvalue weighted by Gasteiger charge is 2.27. The molecule has 0 aliphatic carbocycles. The predicted molar refractivity (Wildman–Crippen MR) is 273 cm³/mol. The molecule has 0 saturated heterocycles. The molecule has 62 heavy (non-hydrogen) atoms. The average Bonchev–Trinajstić information content (AvgIpc) is 3.30. The van der Waals surface area contributed by atoms with Crippen molar-refractivity contribution in [3.8, 4) is 11.1 Å². The van der Waals surface area contributed by atoms with Gasteiger partial charge in [-0.1, -0.05) is 168 Å². The maximum absolute atomic E-state index is 2.45. The van der Waals surface area contributed by atoms with Crippen molar-refractivity contribution in [1.82, 2.24) is 0 Å². The van der Waals surface area contributed by atoms with Crippen LogP contribution in [0.2, 0.25) is 0 Å². The predicted octanol–water partition coefficient (Wildman–Crippen LogP) is 19.0. The third kappa shape index (κ3) is 10.6. The van der Waals surface area contributed by atoms with E-state index in [2.05, 4.69) is 225 Å². The molecule has 0 spiro atoms. The van der Waals surface area contributed by atoms with Crippen molar-refractivity contribution in [3.05, 3.63) is 168 Å². The van der Waals surface area contributed by atoms with E-state index in [9.17, 15) is 0 Å². The van der Waals surface area contributed by atoms with Crippen LogP contribution in [0.15, 0.2) is 146 Å². The van der Waals surface area contributed by atoms with Gasteiger partial charge >= 0.3 is 0 Å². The molecule has 0 aliphatic rings. The SMILES string of the molecule is CCCC(C)(CCC)c1ccc(N(c2ccc(-c3ccc(N(c4ccc(C(C)CC)cc4)c4ccc(C(C)(CCC)CCC)cc4)cc3)cc2)c2ccc(C(C)CC)cc2)cc1. The van der Waals surface area contributed by atoms with Crippen LogP contribution in [0.25, 0.3) is 11.1 Å². The van der Waals surface area contributed by atoms with Gasteiger partial charge in [0.2, 0.25) is 0 Å². The van der Waals surface area contributed by atoms with Gasteiger partial charge in [0.25, 0.3) is 0 Å². The topological polar surface area (TPSA) is 6.48 Å². The second kappa shape index (κ2) is 21.3. The van der Waals surface area contributed by atoms with Crippen molar-refractivity contribution < 1.29 is 0 Å². The summed E-state index contributed by atoms with van der Waals surface area (Å²) in [5, 5.41) is 0. The van der Waals surface area contributed by atoms with Crippen LogP contribution in [0.1, 0.15) is 168 Å². The molecular formula is C60H76N2. The van der Waals surface area contributed by atoms with Crippen LogP contribution in [0.4, 0.5) is 34.1 Å². The Bertz CT molecular complexity index is 2050. The van der Waals surface area contributed by atoms with Gasteiger partial charge in [-0.25, -0.2) is 0 Å². The lowest BCUT2D eigenvalue weighted by Crippen LogP contribution is -2.21. The third-order valence-electron chi connectivity index (χ3n) is 14.1. The van der Waals surface area contributed by atoms with Crippen LogP contribution in [0.3, 0.4) is 0 Å². The fraction of sp³-hybridized carbons (Fsp3) is 0.400. The first-order valence-corrected chi connectivity index (χ1v) is 24.2. The Labute approximate surface area is 377 Å². The number of benzene rings is 6. The first-order chi connectivity index (χ1) is 30.0. The molecule has 0 aromatic heterocycles. The van der Waals surface area contributed by atoms with E-state index in [1.807, 2.05) is 0 Å². The van der Waals surface area contributed by atoms with Gasteiger partial charge in [0, 0.05) is 34.1 Å². The number of nitrogens with zero attached hydrogens (tertiary/aromatic N) is 2. The van der Waals surface area contributed by atoms with E-state index in [4.69, 9.17) is 0 Å². The lowest BCUT2D eigenvalue weighted by atomic mass is 9.75. The van der Waals surface area contributed by atoms with Crippen molar-refractivity contribution in [1.29, 1.82) is 0 Å².